The number of aryl methyl sites for hydroxylation is 1. The van der Waals surface area contributed by atoms with E-state index in [0.717, 1.165) is 32.2 Å². The summed E-state index contributed by atoms with van der Waals surface area (Å²) in [6.45, 7) is 1.51. The average molecular weight is 346 g/mol. The van der Waals surface area contributed by atoms with Gasteiger partial charge in [0.05, 0.1) is 0 Å². The van der Waals surface area contributed by atoms with Crippen LogP contribution < -0.4 is 0 Å². The van der Waals surface area contributed by atoms with Gasteiger partial charge in [-0.15, -0.1) is 0 Å². The van der Waals surface area contributed by atoms with Crippen LogP contribution in [0.3, 0.4) is 0 Å². The fourth-order valence-corrected chi connectivity index (χ4v) is 3.79. The Labute approximate surface area is 152 Å². The highest BCUT2D eigenvalue weighted by atomic mass is 16.2. The van der Waals surface area contributed by atoms with E-state index in [9.17, 15) is 9.59 Å². The monoisotopic (exact) mass is 346 g/mol. The number of carbonyl (C=O) groups is 2. The molecule has 0 saturated heterocycles. The van der Waals surface area contributed by atoms with Gasteiger partial charge in [-0.1, -0.05) is 49.2 Å². The lowest BCUT2D eigenvalue weighted by Gasteiger charge is -2.13. The number of carbonyl (C=O) groups excluding carboxylic acids is 2. The molecule has 4 nitrogen and oxygen atoms in total. The first-order valence-corrected chi connectivity index (χ1v) is 9.25. The van der Waals surface area contributed by atoms with Crippen molar-refractivity contribution in [3.63, 3.8) is 0 Å². The van der Waals surface area contributed by atoms with Crippen molar-refractivity contribution in [2.75, 3.05) is 6.54 Å². The molecule has 0 fully saturated rings. The van der Waals surface area contributed by atoms with Crippen LogP contribution in [0.2, 0.25) is 0 Å². The normalized spacial score (nSPS) is 14.2. The zero-order valence-electron chi connectivity index (χ0n) is 14.7. The van der Waals surface area contributed by atoms with Crippen molar-refractivity contribution in [3.8, 4) is 0 Å². The van der Waals surface area contributed by atoms with Crippen LogP contribution >= 0.6 is 0 Å². The molecule has 0 saturated carbocycles. The van der Waals surface area contributed by atoms with Crippen LogP contribution in [0.5, 0.6) is 0 Å². The van der Waals surface area contributed by atoms with Crippen LogP contribution in [0.4, 0.5) is 0 Å². The largest absolute Gasteiger partial charge is 0.340 e. The summed E-state index contributed by atoms with van der Waals surface area (Å²) in [7, 11) is 0. The van der Waals surface area contributed by atoms with Crippen LogP contribution in [0.1, 0.15) is 25.7 Å². The second-order valence-electron chi connectivity index (χ2n) is 6.76. The van der Waals surface area contributed by atoms with E-state index in [2.05, 4.69) is 53.1 Å². The molecule has 2 aromatic carbocycles. The Morgan fingerprint density at radius 3 is 1.69 bits per heavy atom. The number of unbranched alkanes of at least 4 members (excludes halogenated alkanes) is 3. The van der Waals surface area contributed by atoms with Crippen molar-refractivity contribution >= 4 is 33.6 Å². The van der Waals surface area contributed by atoms with Crippen LogP contribution in [-0.2, 0) is 16.1 Å². The molecule has 2 heterocycles. The van der Waals surface area contributed by atoms with Crippen LogP contribution in [0.25, 0.3) is 21.8 Å². The first-order chi connectivity index (χ1) is 12.8. The molecule has 1 aliphatic heterocycles. The number of nitrogens with zero attached hydrogens (tertiary/aromatic N) is 2. The van der Waals surface area contributed by atoms with Crippen molar-refractivity contribution in [3.05, 3.63) is 60.7 Å². The first-order valence-electron chi connectivity index (χ1n) is 9.25. The Kier molecular flexibility index (Phi) is 4.57. The molecule has 0 aliphatic carbocycles. The predicted octanol–water partition coefficient (Wildman–Crippen LogP) is 4.28. The minimum atomic E-state index is -0.180. The van der Waals surface area contributed by atoms with Gasteiger partial charge in [0.1, 0.15) is 0 Å². The third-order valence-electron chi connectivity index (χ3n) is 5.09. The standard InChI is InChI=1S/C22H22N2O2/c25-21-13-14-22(26)24(21)16-8-2-1-7-15-23-19-11-5-3-9-17(19)18-10-4-6-12-20(18)23/h3-6,9-14H,1-2,7-8,15-16H2. The average Bonchev–Trinajstić information content (AvgIpc) is 3.16. The van der Waals surface area contributed by atoms with Gasteiger partial charge >= 0.3 is 0 Å². The molecule has 26 heavy (non-hydrogen) atoms. The fraction of sp³-hybridized carbons (Fsp3) is 0.273. The topological polar surface area (TPSA) is 42.3 Å². The van der Waals surface area contributed by atoms with Gasteiger partial charge in [0.15, 0.2) is 0 Å². The Hall–Kier alpha value is -2.88. The van der Waals surface area contributed by atoms with E-state index in [1.54, 1.807) is 0 Å². The third-order valence-corrected chi connectivity index (χ3v) is 5.09. The van der Waals surface area contributed by atoms with Crippen LogP contribution in [-0.4, -0.2) is 27.8 Å². The molecule has 0 N–H and O–H groups in total. The van der Waals surface area contributed by atoms with Gasteiger partial charge in [0.25, 0.3) is 11.8 Å². The number of para-hydroxylation sites is 2. The summed E-state index contributed by atoms with van der Waals surface area (Å²) >= 11 is 0. The lowest BCUT2D eigenvalue weighted by atomic mass is 10.2. The Morgan fingerprint density at radius 2 is 1.12 bits per heavy atom. The molecule has 0 atom stereocenters. The second kappa shape index (κ2) is 7.16. The fourth-order valence-electron chi connectivity index (χ4n) is 3.79. The molecule has 3 aromatic rings. The van der Waals surface area contributed by atoms with Crippen molar-refractivity contribution in [1.82, 2.24) is 9.47 Å². The highest BCUT2D eigenvalue weighted by Crippen LogP contribution is 2.29. The summed E-state index contributed by atoms with van der Waals surface area (Å²) in [4.78, 5) is 24.4. The van der Waals surface area contributed by atoms with Gasteiger partial charge in [0, 0.05) is 47.0 Å². The minimum Gasteiger partial charge on any atom is -0.340 e. The quantitative estimate of drug-likeness (QED) is 0.473. The number of fused-ring (bicyclic) bond motifs is 3. The Morgan fingerprint density at radius 1 is 0.615 bits per heavy atom. The van der Waals surface area contributed by atoms with Crippen molar-refractivity contribution in [2.24, 2.45) is 0 Å². The summed E-state index contributed by atoms with van der Waals surface area (Å²) in [5.41, 5.74) is 2.57. The van der Waals surface area contributed by atoms with Gasteiger partial charge < -0.3 is 4.57 Å². The van der Waals surface area contributed by atoms with E-state index < -0.39 is 0 Å². The Balaban J connectivity index is 1.35. The molecule has 2 amide bonds. The zero-order valence-corrected chi connectivity index (χ0v) is 14.7. The molecule has 132 valence electrons. The maximum absolute atomic E-state index is 11.5. The van der Waals surface area contributed by atoms with Crippen molar-refractivity contribution in [2.45, 2.75) is 32.2 Å². The van der Waals surface area contributed by atoms with Gasteiger partial charge in [-0.2, -0.15) is 0 Å². The van der Waals surface area contributed by atoms with Gasteiger partial charge in [0.2, 0.25) is 0 Å². The van der Waals surface area contributed by atoms with Crippen LogP contribution in [0.15, 0.2) is 60.7 Å². The molecular weight excluding hydrogens is 324 g/mol. The second-order valence-corrected chi connectivity index (χ2v) is 6.76. The lowest BCUT2D eigenvalue weighted by molar-refractivity contribution is -0.136. The number of amides is 2. The van der Waals surface area contributed by atoms with E-state index >= 15 is 0 Å². The van der Waals surface area contributed by atoms with E-state index in [0.29, 0.717) is 6.54 Å². The number of benzene rings is 2. The zero-order chi connectivity index (χ0) is 17.9. The van der Waals surface area contributed by atoms with Crippen molar-refractivity contribution in [1.29, 1.82) is 0 Å². The SMILES string of the molecule is O=C1C=CC(=O)N1CCCCCCn1c2ccccc2c2ccccc21. The summed E-state index contributed by atoms with van der Waals surface area (Å²) in [5.74, 6) is -0.361. The molecular formula is C22H22N2O2. The third kappa shape index (κ3) is 3.03. The molecule has 4 heteroatoms. The maximum Gasteiger partial charge on any atom is 0.253 e. The van der Waals surface area contributed by atoms with E-state index in [4.69, 9.17) is 0 Å². The highest BCUT2D eigenvalue weighted by molar-refractivity contribution is 6.12. The smallest absolute Gasteiger partial charge is 0.253 e. The summed E-state index contributed by atoms with van der Waals surface area (Å²) in [6.07, 6.45) is 6.77. The van der Waals surface area contributed by atoms with E-state index in [-0.39, 0.29) is 11.8 Å². The van der Waals surface area contributed by atoms with Gasteiger partial charge in [-0.05, 0) is 25.0 Å². The molecule has 0 unspecified atom stereocenters. The number of aromatic nitrogens is 1. The highest BCUT2D eigenvalue weighted by Gasteiger charge is 2.22. The summed E-state index contributed by atoms with van der Waals surface area (Å²) in [6, 6.07) is 17.1. The molecule has 0 radical (unpaired) electrons. The lowest BCUT2D eigenvalue weighted by Crippen LogP contribution is -2.30. The van der Waals surface area contributed by atoms with Gasteiger partial charge in [-0.25, -0.2) is 0 Å². The number of hydrogen-bond acceptors (Lipinski definition) is 2. The predicted molar refractivity (Wildman–Crippen MR) is 104 cm³/mol. The van der Waals surface area contributed by atoms with Crippen molar-refractivity contribution < 1.29 is 9.59 Å². The molecule has 4 rings (SSSR count). The minimum absolute atomic E-state index is 0.180. The first kappa shape index (κ1) is 16.6. The summed E-state index contributed by atoms with van der Waals surface area (Å²) < 4.78 is 2.40. The summed E-state index contributed by atoms with van der Waals surface area (Å²) in [5, 5.41) is 2.61. The Bertz CT molecular complexity index is 928. The van der Waals surface area contributed by atoms with Gasteiger partial charge in [-0.3, -0.25) is 14.5 Å². The number of rotatable bonds is 7. The molecule has 1 aromatic heterocycles. The number of hydrogen-bond donors (Lipinski definition) is 0. The van der Waals surface area contributed by atoms with E-state index in [1.165, 1.54) is 38.9 Å². The van der Waals surface area contributed by atoms with E-state index in [1.807, 2.05) is 0 Å². The maximum atomic E-state index is 11.5. The molecule has 0 spiro atoms. The number of imide groups is 1. The van der Waals surface area contributed by atoms with Crippen LogP contribution in [0, 0.1) is 0 Å². The molecule has 0 bridgehead atoms. The molecule has 1 aliphatic rings.